The Morgan fingerprint density at radius 2 is 1.27 bits per heavy atom. The Morgan fingerprint density at radius 3 is 1.53 bits per heavy atom. The van der Waals surface area contributed by atoms with Crippen molar-refractivity contribution in [3.8, 4) is 0 Å². The number of rotatable bonds is 5. The maximum absolute atomic E-state index is 3.85. The van der Waals surface area contributed by atoms with Crippen LogP contribution in [0.2, 0.25) is 0 Å². The number of hydrogen-bond donors (Lipinski definition) is 0. The number of unbranched alkanes of at least 4 members (excludes halogenated alkanes) is 3. The molecule has 0 aromatic rings. The standard InChI is InChI=1S/C9H18.2C2H6.C2H4/c1-4-5-6-7-8-9(2)3;3*1-2/h2,4-8H2,1,3H3;2*1-2H3;1-2H2. The Labute approximate surface area is 99.5 Å². The molecule has 0 aliphatic heterocycles. The summed E-state index contributed by atoms with van der Waals surface area (Å²) < 4.78 is 0. The molecule has 0 aliphatic rings. The molecule has 0 aliphatic carbocycles. The van der Waals surface area contributed by atoms with Gasteiger partial charge in [0.25, 0.3) is 0 Å². The molecule has 0 radical (unpaired) electrons. The molecule has 0 heteroatoms. The zero-order valence-electron chi connectivity index (χ0n) is 12.2. The Morgan fingerprint density at radius 1 is 0.867 bits per heavy atom. The fourth-order valence-corrected chi connectivity index (χ4v) is 0.854. The summed E-state index contributed by atoms with van der Waals surface area (Å²) in [6.07, 6.45) is 6.65. The predicted molar refractivity (Wildman–Crippen MR) is 77.5 cm³/mol. The van der Waals surface area contributed by atoms with Gasteiger partial charge in [0.2, 0.25) is 0 Å². The zero-order chi connectivity index (χ0) is 13.1. The van der Waals surface area contributed by atoms with E-state index in [9.17, 15) is 0 Å². The van der Waals surface area contributed by atoms with Gasteiger partial charge in [0.15, 0.2) is 0 Å². The zero-order valence-corrected chi connectivity index (χ0v) is 12.2. The van der Waals surface area contributed by atoms with Crippen molar-refractivity contribution in [1.29, 1.82) is 0 Å². The van der Waals surface area contributed by atoms with Crippen molar-refractivity contribution < 1.29 is 0 Å². The van der Waals surface area contributed by atoms with Gasteiger partial charge in [-0.25, -0.2) is 0 Å². The molecular weight excluding hydrogens is 180 g/mol. The van der Waals surface area contributed by atoms with E-state index >= 15 is 0 Å². The summed E-state index contributed by atoms with van der Waals surface area (Å²) >= 11 is 0. The third kappa shape index (κ3) is 59.2. The molecule has 0 bridgehead atoms. The second kappa shape index (κ2) is 37.5. The Kier molecular flexibility index (Phi) is 59.9. The molecule has 0 amide bonds. The van der Waals surface area contributed by atoms with Crippen LogP contribution in [0.5, 0.6) is 0 Å². The van der Waals surface area contributed by atoms with Gasteiger partial charge in [0.1, 0.15) is 0 Å². The molecule has 0 unspecified atom stereocenters. The molecule has 0 nitrogen and oxygen atoms in total. The molecule has 15 heavy (non-hydrogen) atoms. The smallest absolute Gasteiger partial charge is 0.0326 e. The van der Waals surface area contributed by atoms with Crippen LogP contribution in [0.15, 0.2) is 25.3 Å². The van der Waals surface area contributed by atoms with Crippen molar-refractivity contribution in [2.24, 2.45) is 0 Å². The fourth-order valence-electron chi connectivity index (χ4n) is 0.854. The van der Waals surface area contributed by atoms with Gasteiger partial charge in [-0.1, -0.05) is 59.5 Å². The van der Waals surface area contributed by atoms with Gasteiger partial charge in [0.05, 0.1) is 0 Å². The molecule has 94 valence electrons. The summed E-state index contributed by atoms with van der Waals surface area (Å²) in [7, 11) is 0. The van der Waals surface area contributed by atoms with Gasteiger partial charge in [-0.3, -0.25) is 0 Å². The minimum atomic E-state index is 1.22. The van der Waals surface area contributed by atoms with Crippen LogP contribution in [0.4, 0.5) is 0 Å². The van der Waals surface area contributed by atoms with Gasteiger partial charge < -0.3 is 0 Å². The molecule has 0 N–H and O–H groups in total. The summed E-state index contributed by atoms with van der Waals surface area (Å²) in [6, 6.07) is 0. The van der Waals surface area contributed by atoms with E-state index in [-0.39, 0.29) is 0 Å². The first-order valence-electron chi connectivity index (χ1n) is 6.41. The van der Waals surface area contributed by atoms with E-state index in [1.165, 1.54) is 37.7 Å². The minimum Gasteiger partial charge on any atom is -0.106 e. The lowest BCUT2D eigenvalue weighted by Gasteiger charge is -1.96. The SMILES string of the molecule is C=C.C=C(C)CCCCCC.CC.CC. The normalized spacial score (nSPS) is 6.80. The van der Waals surface area contributed by atoms with Gasteiger partial charge in [-0.2, -0.15) is 0 Å². The second-order valence-electron chi connectivity index (χ2n) is 2.77. The van der Waals surface area contributed by atoms with Gasteiger partial charge in [-0.15, -0.1) is 19.7 Å². The van der Waals surface area contributed by atoms with Crippen LogP contribution < -0.4 is 0 Å². The summed E-state index contributed by atoms with van der Waals surface area (Å²) in [4.78, 5) is 0. The van der Waals surface area contributed by atoms with Crippen molar-refractivity contribution in [1.82, 2.24) is 0 Å². The third-order valence-electron chi connectivity index (χ3n) is 1.46. The van der Waals surface area contributed by atoms with Crippen molar-refractivity contribution in [3.05, 3.63) is 25.3 Å². The fraction of sp³-hybridized carbons (Fsp3) is 0.733. The van der Waals surface area contributed by atoms with Crippen LogP contribution in [0, 0.1) is 0 Å². The first-order chi connectivity index (χ1) is 7.27. The quantitative estimate of drug-likeness (QED) is 0.367. The van der Waals surface area contributed by atoms with E-state index in [1.807, 2.05) is 27.7 Å². The van der Waals surface area contributed by atoms with Gasteiger partial charge >= 0.3 is 0 Å². The lowest BCUT2D eigenvalue weighted by atomic mass is 10.1. The molecule has 0 heterocycles. The first kappa shape index (κ1) is 24.0. The third-order valence-corrected chi connectivity index (χ3v) is 1.46. The van der Waals surface area contributed by atoms with Crippen LogP contribution in [-0.4, -0.2) is 0 Å². The van der Waals surface area contributed by atoms with E-state index in [0.29, 0.717) is 0 Å². The summed E-state index contributed by atoms with van der Waals surface area (Å²) in [5.74, 6) is 0. The molecule has 0 rings (SSSR count). The lowest BCUT2D eigenvalue weighted by Crippen LogP contribution is -1.76. The number of allylic oxidation sites excluding steroid dienone is 1. The predicted octanol–water partition coefficient (Wildman–Crippen LogP) is 6.39. The molecule has 0 spiro atoms. The molecule has 0 saturated carbocycles. The lowest BCUT2D eigenvalue weighted by molar-refractivity contribution is 0.665. The average Bonchev–Trinajstić information content (AvgIpc) is 2.32. The van der Waals surface area contributed by atoms with E-state index in [0.717, 1.165) is 0 Å². The molecule has 0 fully saturated rings. The molecule has 0 aromatic heterocycles. The van der Waals surface area contributed by atoms with Gasteiger partial charge in [-0.05, 0) is 19.8 Å². The summed E-state index contributed by atoms with van der Waals surface area (Å²) in [5.41, 5.74) is 1.33. The van der Waals surface area contributed by atoms with Crippen LogP contribution >= 0.6 is 0 Å². The second-order valence-corrected chi connectivity index (χ2v) is 2.77. The van der Waals surface area contributed by atoms with Crippen LogP contribution in [0.3, 0.4) is 0 Å². The highest BCUT2D eigenvalue weighted by atomic mass is 13.9. The van der Waals surface area contributed by atoms with Crippen LogP contribution in [0.1, 0.15) is 73.6 Å². The number of hydrogen-bond acceptors (Lipinski definition) is 0. The highest BCUT2D eigenvalue weighted by Gasteiger charge is 1.86. The Balaban J connectivity index is -0.0000000860. The summed E-state index contributed by atoms with van der Waals surface area (Å²) in [6.45, 7) is 22.2. The maximum atomic E-state index is 3.85. The van der Waals surface area contributed by atoms with Gasteiger partial charge in [0, 0.05) is 0 Å². The van der Waals surface area contributed by atoms with E-state index < -0.39 is 0 Å². The van der Waals surface area contributed by atoms with E-state index in [1.54, 1.807) is 0 Å². The minimum absolute atomic E-state index is 1.22. The molecule has 0 saturated heterocycles. The van der Waals surface area contributed by atoms with Crippen LogP contribution in [-0.2, 0) is 0 Å². The molecule has 0 atom stereocenters. The van der Waals surface area contributed by atoms with Crippen molar-refractivity contribution in [2.45, 2.75) is 73.6 Å². The monoisotopic (exact) mass is 214 g/mol. The average molecular weight is 214 g/mol. The van der Waals surface area contributed by atoms with Crippen molar-refractivity contribution in [3.63, 3.8) is 0 Å². The van der Waals surface area contributed by atoms with Crippen molar-refractivity contribution in [2.75, 3.05) is 0 Å². The van der Waals surface area contributed by atoms with Crippen molar-refractivity contribution >= 4 is 0 Å². The summed E-state index contributed by atoms with van der Waals surface area (Å²) in [5, 5.41) is 0. The topological polar surface area (TPSA) is 0 Å². The molecule has 0 aromatic carbocycles. The molecular formula is C15H34. The first-order valence-corrected chi connectivity index (χ1v) is 6.41. The maximum Gasteiger partial charge on any atom is -0.0326 e. The van der Waals surface area contributed by atoms with E-state index in [4.69, 9.17) is 0 Å². The highest BCUT2D eigenvalue weighted by molar-refractivity contribution is 4.86. The largest absolute Gasteiger partial charge is 0.106 e. The Bertz CT molecular complexity index is 82.0. The van der Waals surface area contributed by atoms with Crippen LogP contribution in [0.25, 0.3) is 0 Å². The highest BCUT2D eigenvalue weighted by Crippen LogP contribution is 2.06. The Hall–Kier alpha value is -0.520. The van der Waals surface area contributed by atoms with E-state index in [2.05, 4.69) is 33.6 Å².